The van der Waals surface area contributed by atoms with Gasteiger partial charge in [-0.2, -0.15) is 13.2 Å². The molecule has 0 spiro atoms. The number of nitrogens with one attached hydrogen (secondary N) is 2. The second kappa shape index (κ2) is 13.0. The minimum Gasteiger partial charge on any atom is -0.468 e. The van der Waals surface area contributed by atoms with E-state index < -0.39 is 12.8 Å². The molecular formula is C23H31F3IN5O. The molecule has 33 heavy (non-hydrogen) atoms. The summed E-state index contributed by atoms with van der Waals surface area (Å²) in [6.45, 7) is 3.22. The highest BCUT2D eigenvalue weighted by atomic mass is 127. The van der Waals surface area contributed by atoms with Crippen molar-refractivity contribution in [1.82, 2.24) is 20.5 Å². The number of guanidine groups is 1. The van der Waals surface area contributed by atoms with Gasteiger partial charge in [-0.1, -0.05) is 30.3 Å². The molecule has 2 unspecified atom stereocenters. The third-order valence-corrected chi connectivity index (χ3v) is 5.45. The van der Waals surface area contributed by atoms with Gasteiger partial charge in [-0.25, -0.2) is 4.98 Å². The average molecular weight is 577 g/mol. The van der Waals surface area contributed by atoms with Crippen molar-refractivity contribution in [3.05, 3.63) is 59.8 Å². The summed E-state index contributed by atoms with van der Waals surface area (Å²) in [6, 6.07) is 14.4. The van der Waals surface area contributed by atoms with E-state index in [1.807, 2.05) is 6.07 Å². The number of halogens is 4. The Bertz CT molecular complexity index is 882. The normalized spacial score (nSPS) is 19.5. The number of likely N-dealkylation sites (tertiary alicyclic amines) is 1. The molecule has 182 valence electrons. The van der Waals surface area contributed by atoms with Gasteiger partial charge in [-0.15, -0.1) is 24.0 Å². The van der Waals surface area contributed by atoms with Crippen molar-refractivity contribution in [3.63, 3.8) is 0 Å². The number of alkyl halides is 3. The van der Waals surface area contributed by atoms with E-state index >= 15 is 0 Å². The van der Waals surface area contributed by atoms with E-state index in [2.05, 4.69) is 56.7 Å². The van der Waals surface area contributed by atoms with Crippen LogP contribution >= 0.6 is 24.0 Å². The number of hydrogen-bond donors (Lipinski definition) is 2. The van der Waals surface area contributed by atoms with Crippen LogP contribution in [-0.2, 0) is 13.1 Å². The van der Waals surface area contributed by atoms with Gasteiger partial charge >= 0.3 is 6.18 Å². The largest absolute Gasteiger partial charge is 0.468 e. The van der Waals surface area contributed by atoms with Crippen LogP contribution in [0.25, 0.3) is 0 Å². The van der Waals surface area contributed by atoms with Crippen LogP contribution in [0.3, 0.4) is 0 Å². The molecule has 6 nitrogen and oxygen atoms in total. The molecule has 0 saturated carbocycles. The summed E-state index contributed by atoms with van der Waals surface area (Å²) in [5, 5.41) is 6.69. The number of aliphatic imine (C=N–C) groups is 1. The first kappa shape index (κ1) is 27.2. The van der Waals surface area contributed by atoms with Crippen molar-refractivity contribution in [2.75, 3.05) is 20.2 Å². The second-order valence-corrected chi connectivity index (χ2v) is 8.00. The monoisotopic (exact) mass is 577 g/mol. The van der Waals surface area contributed by atoms with Gasteiger partial charge in [0.15, 0.2) is 12.6 Å². The third kappa shape index (κ3) is 9.36. The molecule has 2 N–H and O–H groups in total. The lowest BCUT2D eigenvalue weighted by Gasteiger charge is -2.38. The second-order valence-electron chi connectivity index (χ2n) is 8.00. The number of nitrogens with zero attached hydrogens (tertiary/aromatic N) is 3. The number of pyridine rings is 1. The van der Waals surface area contributed by atoms with Crippen LogP contribution in [-0.4, -0.2) is 54.3 Å². The van der Waals surface area contributed by atoms with E-state index in [0.717, 1.165) is 31.5 Å². The highest BCUT2D eigenvalue weighted by Gasteiger charge is 2.29. The highest BCUT2D eigenvalue weighted by Crippen LogP contribution is 2.20. The molecule has 0 aliphatic carbocycles. The van der Waals surface area contributed by atoms with Gasteiger partial charge in [0.2, 0.25) is 5.88 Å². The standard InChI is InChI=1S/C23H30F3N5O.HI/c1-17-12-20(9-11-31(17)15-18-6-4-3-5-7-18)30-22(27-2)29-14-19-8-10-28-21(13-19)32-16-23(24,25)26;/h3-8,10,13,17,20H,9,11-12,14-16H2,1-2H3,(H2,27,29,30);1H. The first-order valence-electron chi connectivity index (χ1n) is 10.7. The Morgan fingerprint density at radius 2 is 1.97 bits per heavy atom. The zero-order valence-corrected chi connectivity index (χ0v) is 21.1. The Hall–Kier alpha value is -2.08. The van der Waals surface area contributed by atoms with E-state index in [0.29, 0.717) is 24.6 Å². The number of benzene rings is 1. The minimum atomic E-state index is -4.39. The Balaban J connectivity index is 0.00000385. The van der Waals surface area contributed by atoms with Crippen LogP contribution in [0.15, 0.2) is 53.7 Å². The Morgan fingerprint density at radius 1 is 1.21 bits per heavy atom. The van der Waals surface area contributed by atoms with Gasteiger partial charge in [-0.05, 0) is 37.0 Å². The molecular weight excluding hydrogens is 546 g/mol. The van der Waals surface area contributed by atoms with Crippen molar-refractivity contribution in [1.29, 1.82) is 0 Å². The average Bonchev–Trinajstić information content (AvgIpc) is 2.77. The molecule has 2 heterocycles. The third-order valence-electron chi connectivity index (χ3n) is 5.45. The Morgan fingerprint density at radius 3 is 2.64 bits per heavy atom. The van der Waals surface area contributed by atoms with Gasteiger partial charge in [0, 0.05) is 51.0 Å². The number of aromatic nitrogens is 1. The van der Waals surface area contributed by atoms with Gasteiger partial charge in [0.1, 0.15) is 0 Å². The van der Waals surface area contributed by atoms with Crippen molar-refractivity contribution in [3.8, 4) is 5.88 Å². The zero-order chi connectivity index (χ0) is 23.0. The summed E-state index contributed by atoms with van der Waals surface area (Å²) in [4.78, 5) is 10.6. The number of hydrogen-bond acceptors (Lipinski definition) is 4. The molecule has 1 aromatic carbocycles. The predicted molar refractivity (Wildman–Crippen MR) is 134 cm³/mol. The molecule has 1 aromatic heterocycles. The van der Waals surface area contributed by atoms with Gasteiger partial charge < -0.3 is 15.4 Å². The molecule has 2 atom stereocenters. The molecule has 1 saturated heterocycles. The summed E-state index contributed by atoms with van der Waals surface area (Å²) in [5.41, 5.74) is 2.07. The maximum atomic E-state index is 12.3. The van der Waals surface area contributed by atoms with Crippen molar-refractivity contribution in [2.45, 2.75) is 51.1 Å². The smallest absolute Gasteiger partial charge is 0.422 e. The van der Waals surface area contributed by atoms with E-state index in [9.17, 15) is 13.2 Å². The molecule has 0 amide bonds. The van der Waals surface area contributed by atoms with Crippen LogP contribution in [0.2, 0.25) is 0 Å². The highest BCUT2D eigenvalue weighted by molar-refractivity contribution is 14.0. The fraction of sp³-hybridized carbons (Fsp3) is 0.478. The molecule has 2 aromatic rings. The minimum absolute atomic E-state index is 0. The van der Waals surface area contributed by atoms with Crippen LogP contribution < -0.4 is 15.4 Å². The van der Waals surface area contributed by atoms with Crippen molar-refractivity contribution in [2.24, 2.45) is 4.99 Å². The summed E-state index contributed by atoms with van der Waals surface area (Å²) in [7, 11) is 1.70. The van der Waals surface area contributed by atoms with Crippen molar-refractivity contribution < 1.29 is 17.9 Å². The maximum absolute atomic E-state index is 12.3. The van der Waals surface area contributed by atoms with Crippen molar-refractivity contribution >= 4 is 29.9 Å². The van der Waals surface area contributed by atoms with E-state index in [1.165, 1.54) is 17.8 Å². The SMILES string of the molecule is CN=C(NCc1ccnc(OCC(F)(F)F)c1)NC1CCN(Cc2ccccc2)C(C)C1.I. The maximum Gasteiger partial charge on any atom is 0.422 e. The van der Waals surface area contributed by atoms with Crippen LogP contribution in [0.5, 0.6) is 5.88 Å². The quantitative estimate of drug-likeness (QED) is 0.291. The van der Waals surface area contributed by atoms with E-state index in [1.54, 1.807) is 13.1 Å². The van der Waals surface area contributed by atoms with Gasteiger partial charge in [-0.3, -0.25) is 9.89 Å². The summed E-state index contributed by atoms with van der Waals surface area (Å²) in [5.74, 6) is 0.609. The number of ether oxygens (including phenoxy) is 1. The number of piperidine rings is 1. The summed E-state index contributed by atoms with van der Waals surface area (Å²) < 4.78 is 41.7. The Kier molecular flexibility index (Phi) is 10.7. The molecule has 1 fully saturated rings. The first-order chi connectivity index (χ1) is 15.3. The topological polar surface area (TPSA) is 61.8 Å². The zero-order valence-electron chi connectivity index (χ0n) is 18.8. The van der Waals surface area contributed by atoms with Crippen LogP contribution in [0.4, 0.5) is 13.2 Å². The fourth-order valence-corrected chi connectivity index (χ4v) is 3.77. The molecule has 0 radical (unpaired) electrons. The number of rotatable bonds is 7. The molecule has 1 aliphatic heterocycles. The molecule has 0 bridgehead atoms. The van der Waals surface area contributed by atoms with Crippen LogP contribution in [0.1, 0.15) is 30.9 Å². The lowest BCUT2D eigenvalue weighted by atomic mass is 9.97. The first-order valence-corrected chi connectivity index (χ1v) is 10.7. The lowest BCUT2D eigenvalue weighted by molar-refractivity contribution is -0.154. The molecule has 10 heteroatoms. The predicted octanol–water partition coefficient (Wildman–Crippen LogP) is 4.36. The van der Waals surface area contributed by atoms with Gasteiger partial charge in [0.25, 0.3) is 0 Å². The summed E-state index contributed by atoms with van der Waals surface area (Å²) >= 11 is 0. The van der Waals surface area contributed by atoms with E-state index in [-0.39, 0.29) is 29.9 Å². The molecule has 3 rings (SSSR count). The van der Waals surface area contributed by atoms with Gasteiger partial charge in [0.05, 0.1) is 0 Å². The fourth-order valence-electron chi connectivity index (χ4n) is 3.77. The lowest BCUT2D eigenvalue weighted by Crippen LogP contribution is -2.51. The Labute approximate surface area is 210 Å². The van der Waals surface area contributed by atoms with Crippen LogP contribution in [0, 0.1) is 0 Å². The molecule has 1 aliphatic rings. The summed E-state index contributed by atoms with van der Waals surface area (Å²) in [6.07, 6.45) is -0.959. The van der Waals surface area contributed by atoms with E-state index in [4.69, 9.17) is 4.74 Å².